The minimum Gasteiger partial charge on any atom is -0.347 e. The van der Waals surface area contributed by atoms with Crippen molar-refractivity contribution in [1.82, 2.24) is 5.32 Å². The lowest BCUT2D eigenvalue weighted by Crippen LogP contribution is -2.24. The molecule has 0 unspecified atom stereocenters. The second-order valence-corrected chi connectivity index (χ2v) is 5.21. The van der Waals surface area contributed by atoms with E-state index in [4.69, 9.17) is 16.9 Å². The summed E-state index contributed by atoms with van der Waals surface area (Å²) in [5.41, 5.74) is 1.83. The highest BCUT2D eigenvalue weighted by Gasteiger charge is 2.08. The molecule has 1 amide bonds. The number of nitrogens with zero attached hydrogens (tertiary/aromatic N) is 1. The molecule has 2 aromatic rings. The third kappa shape index (κ3) is 5.46. The summed E-state index contributed by atoms with van der Waals surface area (Å²) in [6.45, 7) is 0.360. The monoisotopic (exact) mass is 322 g/mol. The number of allylic oxidation sites excluding steroid dienone is 2. The molecule has 4 heteroatoms. The van der Waals surface area contributed by atoms with E-state index in [9.17, 15) is 4.79 Å². The van der Waals surface area contributed by atoms with Crippen LogP contribution in [-0.4, -0.2) is 5.91 Å². The van der Waals surface area contributed by atoms with Crippen molar-refractivity contribution in [3.05, 3.63) is 88.5 Å². The minimum absolute atomic E-state index is 0.0295. The summed E-state index contributed by atoms with van der Waals surface area (Å²) in [5.74, 6) is -0.448. The summed E-state index contributed by atoms with van der Waals surface area (Å²) in [6, 6.07) is 20.8. The second kappa shape index (κ2) is 8.57. The van der Waals surface area contributed by atoms with Gasteiger partial charge in [0.2, 0.25) is 0 Å². The summed E-state index contributed by atoms with van der Waals surface area (Å²) in [7, 11) is 0. The standard InChI is InChI=1S/C19H15ClN2O/c20-18(11-15-7-3-1-4-8-15)12-17(13-21)19(23)22-14-16-9-5-2-6-10-16/h1-12H,14H2,(H,22,23)/b17-12+,18-11-. The molecule has 0 spiro atoms. The van der Waals surface area contributed by atoms with Gasteiger partial charge in [-0.05, 0) is 23.3 Å². The highest BCUT2D eigenvalue weighted by molar-refractivity contribution is 6.33. The van der Waals surface area contributed by atoms with E-state index in [0.717, 1.165) is 11.1 Å². The van der Waals surface area contributed by atoms with Crippen molar-refractivity contribution in [3.8, 4) is 6.07 Å². The van der Waals surface area contributed by atoms with E-state index in [1.807, 2.05) is 66.7 Å². The van der Waals surface area contributed by atoms with Crippen molar-refractivity contribution in [2.75, 3.05) is 0 Å². The fraction of sp³-hybridized carbons (Fsp3) is 0.0526. The number of amides is 1. The molecule has 114 valence electrons. The van der Waals surface area contributed by atoms with Gasteiger partial charge in [0.15, 0.2) is 0 Å². The third-order valence-electron chi connectivity index (χ3n) is 3.05. The molecule has 0 saturated heterocycles. The Morgan fingerprint density at radius 2 is 1.70 bits per heavy atom. The predicted molar refractivity (Wildman–Crippen MR) is 92.3 cm³/mol. The molecule has 0 bridgehead atoms. The summed E-state index contributed by atoms with van der Waals surface area (Å²) in [4.78, 5) is 12.0. The van der Waals surface area contributed by atoms with Gasteiger partial charge >= 0.3 is 0 Å². The molecule has 1 N–H and O–H groups in total. The van der Waals surface area contributed by atoms with Crippen molar-refractivity contribution in [1.29, 1.82) is 5.26 Å². The molecule has 23 heavy (non-hydrogen) atoms. The first-order valence-electron chi connectivity index (χ1n) is 7.05. The molecule has 0 atom stereocenters. The highest BCUT2D eigenvalue weighted by atomic mass is 35.5. The van der Waals surface area contributed by atoms with Crippen molar-refractivity contribution in [2.24, 2.45) is 0 Å². The first kappa shape index (κ1) is 16.5. The Balaban J connectivity index is 2.04. The number of carbonyl (C=O) groups is 1. The van der Waals surface area contributed by atoms with E-state index in [2.05, 4.69) is 5.32 Å². The molecular weight excluding hydrogens is 308 g/mol. The van der Waals surface area contributed by atoms with Gasteiger partial charge in [-0.15, -0.1) is 0 Å². The van der Waals surface area contributed by atoms with Gasteiger partial charge < -0.3 is 5.32 Å². The molecule has 0 saturated carbocycles. The van der Waals surface area contributed by atoms with Crippen molar-refractivity contribution in [3.63, 3.8) is 0 Å². The van der Waals surface area contributed by atoms with Gasteiger partial charge in [-0.25, -0.2) is 0 Å². The van der Waals surface area contributed by atoms with Gasteiger partial charge in [0.05, 0.1) is 0 Å². The zero-order valence-electron chi connectivity index (χ0n) is 12.4. The Morgan fingerprint density at radius 1 is 1.09 bits per heavy atom. The Labute approximate surface area is 140 Å². The van der Waals surface area contributed by atoms with Crippen LogP contribution in [0.1, 0.15) is 11.1 Å². The fourth-order valence-electron chi connectivity index (χ4n) is 1.91. The Bertz CT molecular complexity index is 759. The third-order valence-corrected chi connectivity index (χ3v) is 3.27. The van der Waals surface area contributed by atoms with Crippen molar-refractivity contribution < 1.29 is 4.79 Å². The van der Waals surface area contributed by atoms with Gasteiger partial charge in [-0.2, -0.15) is 5.26 Å². The van der Waals surface area contributed by atoms with Crippen LogP contribution in [-0.2, 0) is 11.3 Å². The summed E-state index contributed by atoms with van der Waals surface area (Å²) in [6.07, 6.45) is 3.07. The maximum absolute atomic E-state index is 12.0. The van der Waals surface area contributed by atoms with Crippen LogP contribution >= 0.6 is 11.6 Å². The minimum atomic E-state index is -0.448. The van der Waals surface area contributed by atoms with Crippen LogP contribution in [0.5, 0.6) is 0 Å². The van der Waals surface area contributed by atoms with Crippen LogP contribution < -0.4 is 5.32 Å². The van der Waals surface area contributed by atoms with Crippen LogP contribution in [0.2, 0.25) is 0 Å². The van der Waals surface area contributed by atoms with E-state index >= 15 is 0 Å². The Kier molecular flexibility index (Phi) is 6.17. The average Bonchev–Trinajstić information content (AvgIpc) is 2.59. The van der Waals surface area contributed by atoms with Crippen molar-refractivity contribution >= 4 is 23.6 Å². The lowest BCUT2D eigenvalue weighted by molar-refractivity contribution is -0.117. The number of rotatable bonds is 5. The molecule has 3 nitrogen and oxygen atoms in total. The van der Waals surface area contributed by atoms with Gasteiger partial charge in [0.1, 0.15) is 11.6 Å². The fourth-order valence-corrected chi connectivity index (χ4v) is 2.15. The molecule has 0 radical (unpaired) electrons. The zero-order chi connectivity index (χ0) is 16.5. The quantitative estimate of drug-likeness (QED) is 0.513. The Morgan fingerprint density at radius 3 is 2.30 bits per heavy atom. The van der Waals surface area contributed by atoms with E-state index in [0.29, 0.717) is 11.6 Å². The molecule has 0 aliphatic heterocycles. The number of nitrogens with one attached hydrogen (secondary N) is 1. The largest absolute Gasteiger partial charge is 0.347 e. The molecular formula is C19H15ClN2O. The molecule has 2 aromatic carbocycles. The number of hydrogen-bond donors (Lipinski definition) is 1. The van der Waals surface area contributed by atoms with E-state index in [-0.39, 0.29) is 5.57 Å². The molecule has 0 heterocycles. The van der Waals surface area contributed by atoms with E-state index < -0.39 is 5.91 Å². The van der Waals surface area contributed by atoms with E-state index in [1.54, 1.807) is 6.08 Å². The number of hydrogen-bond acceptors (Lipinski definition) is 2. The van der Waals surface area contributed by atoms with Crippen LogP contribution in [0.15, 0.2) is 77.3 Å². The normalized spacial score (nSPS) is 11.7. The highest BCUT2D eigenvalue weighted by Crippen LogP contribution is 2.13. The SMILES string of the molecule is N#C/C(=C\C(Cl)=C\c1ccccc1)C(=O)NCc1ccccc1. The molecule has 2 rings (SSSR count). The van der Waals surface area contributed by atoms with Crippen LogP contribution in [0.3, 0.4) is 0 Å². The van der Waals surface area contributed by atoms with Crippen LogP contribution in [0.4, 0.5) is 0 Å². The van der Waals surface area contributed by atoms with Gasteiger partial charge in [0, 0.05) is 11.6 Å². The number of carbonyl (C=O) groups excluding carboxylic acids is 1. The number of nitriles is 1. The lowest BCUT2D eigenvalue weighted by Gasteiger charge is -2.04. The maximum Gasteiger partial charge on any atom is 0.262 e. The molecule has 0 aliphatic rings. The maximum atomic E-state index is 12.0. The molecule has 0 aromatic heterocycles. The predicted octanol–water partition coefficient (Wildman–Crippen LogP) is 4.03. The summed E-state index contributed by atoms with van der Waals surface area (Å²) >= 11 is 6.10. The molecule has 0 aliphatic carbocycles. The first-order chi connectivity index (χ1) is 11.2. The van der Waals surface area contributed by atoms with Crippen molar-refractivity contribution in [2.45, 2.75) is 6.54 Å². The van der Waals surface area contributed by atoms with Crippen LogP contribution in [0, 0.1) is 11.3 Å². The van der Waals surface area contributed by atoms with Gasteiger partial charge in [-0.1, -0.05) is 72.3 Å². The second-order valence-electron chi connectivity index (χ2n) is 4.78. The lowest BCUT2D eigenvalue weighted by atomic mass is 10.2. The topological polar surface area (TPSA) is 52.9 Å². The van der Waals surface area contributed by atoms with E-state index in [1.165, 1.54) is 6.08 Å². The number of halogens is 1. The summed E-state index contributed by atoms with van der Waals surface area (Å²) < 4.78 is 0. The number of benzene rings is 2. The zero-order valence-corrected chi connectivity index (χ0v) is 13.1. The first-order valence-corrected chi connectivity index (χ1v) is 7.43. The average molecular weight is 323 g/mol. The van der Waals surface area contributed by atoms with Gasteiger partial charge in [0.25, 0.3) is 5.91 Å². The Hall–Kier alpha value is -2.83. The van der Waals surface area contributed by atoms with Gasteiger partial charge in [-0.3, -0.25) is 4.79 Å². The van der Waals surface area contributed by atoms with Crippen LogP contribution in [0.25, 0.3) is 6.08 Å². The summed E-state index contributed by atoms with van der Waals surface area (Å²) in [5, 5.41) is 12.2. The smallest absolute Gasteiger partial charge is 0.262 e. The molecule has 0 fully saturated rings.